The van der Waals surface area contributed by atoms with E-state index in [0.29, 0.717) is 6.61 Å². The predicted octanol–water partition coefficient (Wildman–Crippen LogP) is 3.59. The molecule has 0 unspecified atom stereocenters. The molecule has 0 N–H and O–H groups in total. The number of hydrogen-bond donors (Lipinski definition) is 0. The summed E-state index contributed by atoms with van der Waals surface area (Å²) >= 11 is 0. The molecule has 0 saturated heterocycles. The van der Waals surface area contributed by atoms with Crippen LogP contribution in [0.25, 0.3) is 10.9 Å². The number of methoxy groups -OCH3 is 1. The number of anilines is 1. The first-order valence-electron chi connectivity index (χ1n) is 7.77. The molecule has 0 aliphatic carbocycles. The Labute approximate surface area is 136 Å². The van der Waals surface area contributed by atoms with Crippen LogP contribution in [0.4, 0.5) is 5.82 Å². The molecule has 0 bridgehead atoms. The SMILES string of the molecule is COCCN(Cc1ccccc1)c1ncnc2c(C)cccc12. The maximum Gasteiger partial charge on any atom is 0.140 e. The van der Waals surface area contributed by atoms with Crippen LogP contribution in [0.15, 0.2) is 54.9 Å². The van der Waals surface area contributed by atoms with E-state index in [9.17, 15) is 0 Å². The summed E-state index contributed by atoms with van der Waals surface area (Å²) in [5.74, 6) is 0.958. The molecular formula is C19H21N3O. The number of benzene rings is 2. The molecule has 0 aliphatic heterocycles. The van der Waals surface area contributed by atoms with Crippen LogP contribution in [0.2, 0.25) is 0 Å². The molecule has 118 valence electrons. The van der Waals surface area contributed by atoms with Crippen LogP contribution in [0.1, 0.15) is 11.1 Å². The lowest BCUT2D eigenvalue weighted by atomic mass is 10.1. The first-order valence-corrected chi connectivity index (χ1v) is 7.77. The molecule has 0 fully saturated rings. The number of aryl methyl sites for hydroxylation is 1. The van der Waals surface area contributed by atoms with Crippen molar-refractivity contribution in [3.05, 3.63) is 66.0 Å². The summed E-state index contributed by atoms with van der Waals surface area (Å²) in [7, 11) is 1.73. The Morgan fingerprint density at radius 3 is 2.61 bits per heavy atom. The van der Waals surface area contributed by atoms with Crippen LogP contribution in [-0.2, 0) is 11.3 Å². The van der Waals surface area contributed by atoms with Gasteiger partial charge in [0.2, 0.25) is 0 Å². The molecule has 4 heteroatoms. The molecule has 4 nitrogen and oxygen atoms in total. The van der Waals surface area contributed by atoms with Gasteiger partial charge in [0.05, 0.1) is 12.1 Å². The first-order chi connectivity index (χ1) is 11.3. The number of para-hydroxylation sites is 1. The van der Waals surface area contributed by atoms with Crippen LogP contribution < -0.4 is 4.90 Å². The van der Waals surface area contributed by atoms with Crippen molar-refractivity contribution in [2.24, 2.45) is 0 Å². The molecule has 1 heterocycles. The van der Waals surface area contributed by atoms with Gasteiger partial charge >= 0.3 is 0 Å². The van der Waals surface area contributed by atoms with E-state index in [1.54, 1.807) is 13.4 Å². The van der Waals surface area contributed by atoms with E-state index in [2.05, 4.69) is 64.3 Å². The van der Waals surface area contributed by atoms with Crippen molar-refractivity contribution >= 4 is 16.7 Å². The molecule has 3 rings (SSSR count). The number of aromatic nitrogens is 2. The number of rotatable bonds is 6. The molecule has 3 aromatic rings. The minimum absolute atomic E-state index is 0.657. The van der Waals surface area contributed by atoms with Gasteiger partial charge in [-0.3, -0.25) is 0 Å². The van der Waals surface area contributed by atoms with Crippen LogP contribution in [-0.4, -0.2) is 30.2 Å². The summed E-state index contributed by atoms with van der Waals surface area (Å²) in [6.07, 6.45) is 1.65. The highest BCUT2D eigenvalue weighted by Gasteiger charge is 2.13. The maximum atomic E-state index is 5.28. The average Bonchev–Trinajstić information content (AvgIpc) is 2.59. The van der Waals surface area contributed by atoms with Gasteiger partial charge in [-0.05, 0) is 24.1 Å². The van der Waals surface area contributed by atoms with Crippen LogP contribution in [0.5, 0.6) is 0 Å². The first kappa shape index (κ1) is 15.4. The summed E-state index contributed by atoms with van der Waals surface area (Å²) in [4.78, 5) is 11.3. The van der Waals surface area contributed by atoms with E-state index < -0.39 is 0 Å². The standard InChI is InChI=1S/C19H21N3O/c1-15-7-6-10-17-18(15)20-14-21-19(17)22(11-12-23-2)13-16-8-4-3-5-9-16/h3-10,14H,11-13H2,1-2H3. The Hall–Kier alpha value is -2.46. The van der Waals surface area contributed by atoms with E-state index in [4.69, 9.17) is 4.74 Å². The van der Waals surface area contributed by atoms with Crippen molar-refractivity contribution in [2.75, 3.05) is 25.2 Å². The molecule has 0 spiro atoms. The molecule has 1 aromatic heterocycles. The second-order valence-corrected chi connectivity index (χ2v) is 5.57. The smallest absolute Gasteiger partial charge is 0.140 e. The van der Waals surface area contributed by atoms with Gasteiger partial charge in [-0.1, -0.05) is 42.5 Å². The maximum absolute atomic E-state index is 5.28. The van der Waals surface area contributed by atoms with Crippen LogP contribution in [0.3, 0.4) is 0 Å². The van der Waals surface area contributed by atoms with E-state index in [1.165, 1.54) is 5.56 Å². The number of nitrogens with zero attached hydrogens (tertiary/aromatic N) is 3. The fraction of sp³-hybridized carbons (Fsp3) is 0.263. The second-order valence-electron chi connectivity index (χ2n) is 5.57. The number of ether oxygens (including phenoxy) is 1. The summed E-state index contributed by atoms with van der Waals surface area (Å²) < 4.78 is 5.28. The Bertz CT molecular complexity index is 774. The molecule has 0 amide bonds. The fourth-order valence-corrected chi connectivity index (χ4v) is 2.74. The summed E-state index contributed by atoms with van der Waals surface area (Å²) in [6, 6.07) is 16.6. The average molecular weight is 307 g/mol. The summed E-state index contributed by atoms with van der Waals surface area (Å²) in [6.45, 7) is 4.32. The Kier molecular flexibility index (Phi) is 4.83. The van der Waals surface area contributed by atoms with Crippen LogP contribution in [0, 0.1) is 6.92 Å². The zero-order valence-corrected chi connectivity index (χ0v) is 13.6. The van der Waals surface area contributed by atoms with Crippen molar-refractivity contribution < 1.29 is 4.74 Å². The molecule has 0 aliphatic rings. The van der Waals surface area contributed by atoms with Gasteiger partial charge in [0.15, 0.2) is 0 Å². The zero-order valence-electron chi connectivity index (χ0n) is 13.6. The van der Waals surface area contributed by atoms with Gasteiger partial charge in [0.1, 0.15) is 12.1 Å². The minimum Gasteiger partial charge on any atom is -0.383 e. The van der Waals surface area contributed by atoms with E-state index in [1.807, 2.05) is 6.07 Å². The van der Waals surface area contributed by atoms with Gasteiger partial charge in [-0.2, -0.15) is 0 Å². The molecule has 2 aromatic carbocycles. The lowest BCUT2D eigenvalue weighted by molar-refractivity contribution is 0.205. The largest absolute Gasteiger partial charge is 0.383 e. The molecule has 0 atom stereocenters. The van der Waals surface area contributed by atoms with Gasteiger partial charge in [0.25, 0.3) is 0 Å². The van der Waals surface area contributed by atoms with Crippen molar-refractivity contribution in [1.82, 2.24) is 9.97 Å². The van der Waals surface area contributed by atoms with Gasteiger partial charge < -0.3 is 9.64 Å². The molecule has 23 heavy (non-hydrogen) atoms. The zero-order chi connectivity index (χ0) is 16.1. The Morgan fingerprint density at radius 1 is 1.00 bits per heavy atom. The summed E-state index contributed by atoms with van der Waals surface area (Å²) in [5.41, 5.74) is 3.42. The molecule has 0 radical (unpaired) electrons. The minimum atomic E-state index is 0.657. The van der Waals surface area contributed by atoms with Crippen molar-refractivity contribution in [3.8, 4) is 0 Å². The van der Waals surface area contributed by atoms with E-state index in [-0.39, 0.29) is 0 Å². The van der Waals surface area contributed by atoms with E-state index >= 15 is 0 Å². The monoisotopic (exact) mass is 307 g/mol. The third-order valence-electron chi connectivity index (χ3n) is 3.93. The van der Waals surface area contributed by atoms with Gasteiger partial charge in [0, 0.05) is 25.6 Å². The van der Waals surface area contributed by atoms with E-state index in [0.717, 1.165) is 35.4 Å². The van der Waals surface area contributed by atoms with Crippen molar-refractivity contribution in [3.63, 3.8) is 0 Å². The quantitative estimate of drug-likeness (QED) is 0.697. The van der Waals surface area contributed by atoms with Gasteiger partial charge in [-0.25, -0.2) is 9.97 Å². The Morgan fingerprint density at radius 2 is 1.83 bits per heavy atom. The van der Waals surface area contributed by atoms with Gasteiger partial charge in [-0.15, -0.1) is 0 Å². The Balaban J connectivity index is 2.01. The highest BCUT2D eigenvalue weighted by molar-refractivity contribution is 5.91. The lowest BCUT2D eigenvalue weighted by Gasteiger charge is -2.25. The molecular weight excluding hydrogens is 286 g/mol. The van der Waals surface area contributed by atoms with Crippen LogP contribution >= 0.6 is 0 Å². The number of fused-ring (bicyclic) bond motifs is 1. The third kappa shape index (κ3) is 3.48. The highest BCUT2D eigenvalue weighted by atomic mass is 16.5. The van der Waals surface area contributed by atoms with Crippen molar-refractivity contribution in [1.29, 1.82) is 0 Å². The highest BCUT2D eigenvalue weighted by Crippen LogP contribution is 2.26. The normalized spacial score (nSPS) is 10.9. The summed E-state index contributed by atoms with van der Waals surface area (Å²) in [5, 5.41) is 1.08. The molecule has 0 saturated carbocycles. The predicted molar refractivity (Wildman–Crippen MR) is 93.6 cm³/mol. The fourth-order valence-electron chi connectivity index (χ4n) is 2.74. The lowest BCUT2D eigenvalue weighted by Crippen LogP contribution is -2.27. The second kappa shape index (κ2) is 7.20. The third-order valence-corrected chi connectivity index (χ3v) is 3.93. The number of hydrogen-bond acceptors (Lipinski definition) is 4. The topological polar surface area (TPSA) is 38.2 Å². The van der Waals surface area contributed by atoms with Crippen molar-refractivity contribution in [2.45, 2.75) is 13.5 Å².